The van der Waals surface area contributed by atoms with Gasteiger partial charge in [-0.2, -0.15) is 22.0 Å². The maximum Gasteiger partial charge on any atom is 0.512 e. The molecule has 0 spiro atoms. The predicted molar refractivity (Wildman–Crippen MR) is 78.2 cm³/mol. The van der Waals surface area contributed by atoms with E-state index in [1.807, 2.05) is 7.05 Å². The summed E-state index contributed by atoms with van der Waals surface area (Å²) < 4.78 is 104. The van der Waals surface area contributed by atoms with Gasteiger partial charge in [-0.15, -0.1) is 0 Å². The Morgan fingerprint density at radius 2 is 1.60 bits per heavy atom. The molecule has 148 valence electrons. The standard InChI is InChI=1S/C8H15N2.C3H4F5NO4S2/c1-3-4-5-10-7-6-9(2)8-10;1-2(4,5)14(10,11)9-15(12,13)3(6,7)8/h6-8H,3-5H2,1-2H3;9H,1H3/q+1;. The molecule has 1 aromatic rings. The van der Waals surface area contributed by atoms with Crippen LogP contribution in [0.15, 0.2) is 18.7 Å². The number of hydrogen-bond acceptors (Lipinski definition) is 4. The topological polar surface area (TPSA) is 89.1 Å². The van der Waals surface area contributed by atoms with Gasteiger partial charge in [-0.3, -0.25) is 0 Å². The third kappa shape index (κ3) is 7.64. The van der Waals surface area contributed by atoms with Crippen LogP contribution in [0.1, 0.15) is 26.7 Å². The number of aryl methyl sites for hydroxylation is 2. The molecular weight excluding hydrogens is 397 g/mol. The van der Waals surface area contributed by atoms with E-state index >= 15 is 0 Å². The molecule has 0 aliphatic rings. The van der Waals surface area contributed by atoms with Crippen molar-refractivity contribution in [2.45, 2.75) is 44.0 Å². The fourth-order valence-electron chi connectivity index (χ4n) is 1.24. The highest BCUT2D eigenvalue weighted by Gasteiger charge is 2.52. The first-order valence-electron chi connectivity index (χ1n) is 6.76. The number of halogens is 5. The summed E-state index contributed by atoms with van der Waals surface area (Å²) in [7, 11) is -10.2. The van der Waals surface area contributed by atoms with Gasteiger partial charge in [0, 0.05) is 6.92 Å². The number of hydrogen-bond donors (Lipinski definition) is 1. The first kappa shape index (κ1) is 23.7. The van der Waals surface area contributed by atoms with Crippen LogP contribution in [0.3, 0.4) is 0 Å². The van der Waals surface area contributed by atoms with Crippen molar-refractivity contribution in [2.24, 2.45) is 7.05 Å². The zero-order valence-electron chi connectivity index (χ0n) is 13.6. The van der Waals surface area contributed by atoms with Gasteiger partial charge in [0.05, 0.1) is 13.6 Å². The molecule has 7 nitrogen and oxygen atoms in total. The SMILES string of the molecule is CC(F)(F)S(=O)(=O)NS(=O)(=O)C(F)(F)F.CCCCn1cc[n+](C)c1. The molecule has 0 atom stereocenters. The van der Waals surface area contributed by atoms with Gasteiger partial charge in [0.25, 0.3) is 10.0 Å². The van der Waals surface area contributed by atoms with Crippen LogP contribution in [0, 0.1) is 0 Å². The fraction of sp³-hybridized carbons (Fsp3) is 0.727. The fourth-order valence-corrected chi connectivity index (χ4v) is 3.36. The van der Waals surface area contributed by atoms with Crippen LogP contribution < -0.4 is 8.69 Å². The molecule has 14 heteroatoms. The van der Waals surface area contributed by atoms with Gasteiger partial charge in [0.15, 0.2) is 0 Å². The molecular formula is C11H19F5N3O4S2+. The maximum absolute atomic E-state index is 12.1. The molecule has 0 saturated carbocycles. The summed E-state index contributed by atoms with van der Waals surface area (Å²) in [6, 6.07) is 0. The summed E-state index contributed by atoms with van der Waals surface area (Å²) in [5.74, 6) is 0. The van der Waals surface area contributed by atoms with Crippen LogP contribution in [0.25, 0.3) is 0 Å². The van der Waals surface area contributed by atoms with E-state index in [9.17, 15) is 38.8 Å². The van der Waals surface area contributed by atoms with Crippen molar-refractivity contribution in [3.63, 3.8) is 0 Å². The second kappa shape index (κ2) is 8.40. The van der Waals surface area contributed by atoms with Crippen LogP contribution in [0.2, 0.25) is 0 Å². The van der Waals surface area contributed by atoms with Crippen molar-refractivity contribution < 1.29 is 43.4 Å². The van der Waals surface area contributed by atoms with E-state index < -0.39 is 30.8 Å². The number of nitrogens with zero attached hydrogens (tertiary/aromatic N) is 2. The maximum atomic E-state index is 12.1. The Balaban J connectivity index is 0.000000496. The molecule has 1 heterocycles. The molecule has 1 rings (SSSR count). The highest BCUT2D eigenvalue weighted by Crippen LogP contribution is 2.26. The van der Waals surface area contributed by atoms with Gasteiger partial charge in [0.2, 0.25) is 6.33 Å². The minimum absolute atomic E-state index is 0.118. The lowest BCUT2D eigenvalue weighted by Gasteiger charge is -2.13. The van der Waals surface area contributed by atoms with Crippen LogP contribution in [-0.4, -0.2) is 32.2 Å². The van der Waals surface area contributed by atoms with Crippen LogP contribution in [-0.2, 0) is 33.6 Å². The van der Waals surface area contributed by atoms with E-state index in [1.165, 1.54) is 12.8 Å². The van der Waals surface area contributed by atoms with Crippen LogP contribution in [0.5, 0.6) is 0 Å². The van der Waals surface area contributed by atoms with Crippen LogP contribution >= 0.6 is 0 Å². The van der Waals surface area contributed by atoms with E-state index in [-0.39, 0.29) is 11.1 Å². The molecule has 0 unspecified atom stereocenters. The second-order valence-electron chi connectivity index (χ2n) is 5.01. The monoisotopic (exact) mass is 416 g/mol. The summed E-state index contributed by atoms with van der Waals surface area (Å²) >= 11 is 0. The first-order chi connectivity index (χ1) is 11.0. The Labute approximate surface area is 142 Å². The van der Waals surface area contributed by atoms with Gasteiger partial charge in [0.1, 0.15) is 12.4 Å². The lowest BCUT2D eigenvalue weighted by Crippen LogP contribution is -2.46. The molecule has 25 heavy (non-hydrogen) atoms. The van der Waals surface area contributed by atoms with Gasteiger partial charge < -0.3 is 0 Å². The number of unbranched alkanes of at least 4 members (excludes halogenated alkanes) is 1. The van der Waals surface area contributed by atoms with Crippen molar-refractivity contribution in [3.8, 4) is 0 Å². The van der Waals surface area contributed by atoms with Crippen molar-refractivity contribution in [3.05, 3.63) is 18.7 Å². The average Bonchev–Trinajstić information content (AvgIpc) is 2.79. The zero-order chi connectivity index (χ0) is 20.1. The third-order valence-corrected chi connectivity index (χ3v) is 5.90. The van der Waals surface area contributed by atoms with Gasteiger partial charge in [-0.05, 0) is 6.42 Å². The smallest absolute Gasteiger partial charge is 0.240 e. The van der Waals surface area contributed by atoms with E-state index in [2.05, 4.69) is 34.8 Å². The van der Waals surface area contributed by atoms with Gasteiger partial charge in [-0.1, -0.05) is 17.5 Å². The predicted octanol–water partition coefficient (Wildman–Crippen LogP) is 1.48. The molecule has 0 aliphatic carbocycles. The zero-order valence-corrected chi connectivity index (χ0v) is 15.2. The molecule has 0 saturated heterocycles. The second-order valence-corrected chi connectivity index (χ2v) is 8.87. The number of rotatable bonds is 6. The van der Waals surface area contributed by atoms with Crippen molar-refractivity contribution >= 4 is 20.0 Å². The summed E-state index contributed by atoms with van der Waals surface area (Å²) in [6.45, 7) is 3.10. The molecule has 0 aliphatic heterocycles. The minimum atomic E-state index is -6.36. The Hall–Kier alpha value is -1.28. The van der Waals surface area contributed by atoms with E-state index in [1.54, 1.807) is 0 Å². The van der Waals surface area contributed by atoms with E-state index in [0.717, 1.165) is 6.54 Å². The lowest BCUT2D eigenvalue weighted by molar-refractivity contribution is -0.671. The first-order valence-corrected chi connectivity index (χ1v) is 9.73. The molecule has 0 amide bonds. The summed E-state index contributed by atoms with van der Waals surface area (Å²) in [5, 5.41) is -4.65. The Bertz CT molecular complexity index is 709. The molecule has 0 aromatic carbocycles. The Morgan fingerprint density at radius 3 is 1.92 bits per heavy atom. The number of nitrogens with one attached hydrogen (secondary N) is 1. The van der Waals surface area contributed by atoms with Gasteiger partial charge >= 0.3 is 20.8 Å². The van der Waals surface area contributed by atoms with Crippen LogP contribution in [0.4, 0.5) is 22.0 Å². The van der Waals surface area contributed by atoms with E-state index in [0.29, 0.717) is 0 Å². The number of sulfonamides is 2. The molecule has 0 radical (unpaired) electrons. The summed E-state index contributed by atoms with van der Waals surface area (Å²) in [6.07, 6.45) is 8.82. The Morgan fingerprint density at radius 1 is 1.08 bits per heavy atom. The van der Waals surface area contributed by atoms with Gasteiger partial charge in [-0.25, -0.2) is 26.0 Å². The molecule has 0 bridgehead atoms. The average molecular weight is 416 g/mol. The number of aromatic nitrogens is 2. The van der Waals surface area contributed by atoms with Crippen molar-refractivity contribution in [1.29, 1.82) is 0 Å². The largest absolute Gasteiger partial charge is 0.512 e. The van der Waals surface area contributed by atoms with E-state index in [4.69, 9.17) is 0 Å². The number of alkyl halides is 5. The highest BCUT2D eigenvalue weighted by molar-refractivity contribution is 8.05. The van der Waals surface area contributed by atoms with Crippen molar-refractivity contribution in [2.75, 3.05) is 0 Å². The summed E-state index contributed by atoms with van der Waals surface area (Å²) in [5.41, 5.74) is -5.98. The molecule has 1 N–H and O–H groups in total. The number of imidazole rings is 1. The Kier molecular flexibility index (Phi) is 7.97. The summed E-state index contributed by atoms with van der Waals surface area (Å²) in [4.78, 5) is 0. The normalized spacial score (nSPS) is 13.3. The minimum Gasteiger partial charge on any atom is -0.240 e. The van der Waals surface area contributed by atoms with Crippen molar-refractivity contribution in [1.82, 2.24) is 8.69 Å². The third-order valence-electron chi connectivity index (χ3n) is 2.59. The molecule has 1 aromatic heterocycles. The highest BCUT2D eigenvalue weighted by atomic mass is 32.3. The quantitative estimate of drug-likeness (QED) is 0.562. The lowest BCUT2D eigenvalue weighted by atomic mass is 10.3. The molecule has 0 fully saturated rings.